The highest BCUT2D eigenvalue weighted by Gasteiger charge is 2.09. The van der Waals surface area contributed by atoms with E-state index in [1.54, 1.807) is 11.3 Å². The van der Waals surface area contributed by atoms with E-state index in [2.05, 4.69) is 32.0 Å². The van der Waals surface area contributed by atoms with Gasteiger partial charge in [0.25, 0.3) is 0 Å². The van der Waals surface area contributed by atoms with Crippen LogP contribution in [0.2, 0.25) is 0 Å². The summed E-state index contributed by atoms with van der Waals surface area (Å²) in [6.45, 7) is 4.21. The van der Waals surface area contributed by atoms with Crippen molar-refractivity contribution in [3.63, 3.8) is 0 Å². The summed E-state index contributed by atoms with van der Waals surface area (Å²) < 4.78 is 0. The number of hydrogen-bond donors (Lipinski definition) is 1. The average Bonchev–Trinajstić information content (AvgIpc) is 2.77. The molecule has 0 saturated heterocycles. The van der Waals surface area contributed by atoms with E-state index in [-0.39, 0.29) is 6.10 Å². The molecule has 0 fully saturated rings. The predicted molar refractivity (Wildman–Crippen MR) is 68.9 cm³/mol. The second-order valence-electron chi connectivity index (χ2n) is 4.20. The summed E-state index contributed by atoms with van der Waals surface area (Å²) in [4.78, 5) is 0. The van der Waals surface area contributed by atoms with E-state index >= 15 is 0 Å². The topological polar surface area (TPSA) is 20.2 Å². The van der Waals surface area contributed by atoms with Crippen molar-refractivity contribution < 1.29 is 5.11 Å². The number of hydrogen-bond acceptors (Lipinski definition) is 2. The third-order valence-electron chi connectivity index (χ3n) is 2.93. The molecule has 0 amide bonds. The van der Waals surface area contributed by atoms with Gasteiger partial charge in [-0.2, -0.15) is 11.3 Å². The van der Waals surface area contributed by atoms with Crippen LogP contribution in [0.1, 0.15) is 28.4 Å². The van der Waals surface area contributed by atoms with E-state index in [9.17, 15) is 5.11 Å². The Morgan fingerprint density at radius 2 is 2.00 bits per heavy atom. The molecule has 0 aliphatic heterocycles. The third-order valence-corrected chi connectivity index (χ3v) is 3.63. The minimum atomic E-state index is -0.381. The van der Waals surface area contributed by atoms with Crippen molar-refractivity contribution in [2.24, 2.45) is 0 Å². The molecule has 2 heteroatoms. The van der Waals surface area contributed by atoms with Crippen molar-refractivity contribution in [1.82, 2.24) is 0 Å². The van der Waals surface area contributed by atoms with Gasteiger partial charge in [0, 0.05) is 6.42 Å². The summed E-state index contributed by atoms with van der Waals surface area (Å²) in [7, 11) is 0. The molecular formula is C14H16OS. The van der Waals surface area contributed by atoms with Gasteiger partial charge in [-0.25, -0.2) is 0 Å². The number of aliphatic hydroxyl groups is 1. The van der Waals surface area contributed by atoms with Gasteiger partial charge in [-0.3, -0.25) is 0 Å². The van der Waals surface area contributed by atoms with Crippen LogP contribution in [0.15, 0.2) is 35.0 Å². The number of aliphatic hydroxyl groups excluding tert-OH is 1. The number of thiophene rings is 1. The minimum absolute atomic E-state index is 0.381. The average molecular weight is 232 g/mol. The maximum absolute atomic E-state index is 10.0. The van der Waals surface area contributed by atoms with Crippen LogP contribution in [-0.4, -0.2) is 5.11 Å². The van der Waals surface area contributed by atoms with Gasteiger partial charge in [0.15, 0.2) is 0 Å². The van der Waals surface area contributed by atoms with E-state index in [1.165, 1.54) is 16.7 Å². The molecule has 1 unspecified atom stereocenters. The fourth-order valence-electron chi connectivity index (χ4n) is 1.74. The van der Waals surface area contributed by atoms with Gasteiger partial charge in [0.05, 0.1) is 6.10 Å². The molecule has 0 aliphatic carbocycles. The number of rotatable bonds is 3. The normalized spacial score (nSPS) is 12.7. The molecule has 0 saturated carbocycles. The minimum Gasteiger partial charge on any atom is -0.388 e. The van der Waals surface area contributed by atoms with Crippen LogP contribution in [0.5, 0.6) is 0 Å². The Bertz CT molecular complexity index is 460. The number of benzene rings is 1. The summed E-state index contributed by atoms with van der Waals surface area (Å²) in [5.41, 5.74) is 4.80. The van der Waals surface area contributed by atoms with Crippen LogP contribution in [0.25, 0.3) is 0 Å². The van der Waals surface area contributed by atoms with Crippen LogP contribution in [0.3, 0.4) is 0 Å². The van der Waals surface area contributed by atoms with E-state index in [0.29, 0.717) is 6.42 Å². The summed E-state index contributed by atoms with van der Waals surface area (Å²) in [5, 5.41) is 14.0. The Morgan fingerprint density at radius 3 is 2.62 bits per heavy atom. The van der Waals surface area contributed by atoms with Gasteiger partial charge >= 0.3 is 0 Å². The van der Waals surface area contributed by atoms with Crippen molar-refractivity contribution >= 4 is 11.3 Å². The highest BCUT2D eigenvalue weighted by atomic mass is 32.1. The van der Waals surface area contributed by atoms with Crippen molar-refractivity contribution in [2.45, 2.75) is 26.4 Å². The highest BCUT2D eigenvalue weighted by molar-refractivity contribution is 7.07. The molecule has 84 valence electrons. The first-order chi connectivity index (χ1) is 7.66. The van der Waals surface area contributed by atoms with E-state index < -0.39 is 0 Å². The first-order valence-corrected chi connectivity index (χ1v) is 6.37. The van der Waals surface area contributed by atoms with Gasteiger partial charge in [-0.05, 0) is 52.9 Å². The molecule has 2 aromatic rings. The van der Waals surface area contributed by atoms with Crippen molar-refractivity contribution in [1.29, 1.82) is 0 Å². The summed E-state index contributed by atoms with van der Waals surface area (Å²) in [6, 6.07) is 8.35. The predicted octanol–water partition coefficient (Wildman–Crippen LogP) is 3.64. The van der Waals surface area contributed by atoms with Crippen LogP contribution in [-0.2, 0) is 6.42 Å². The molecule has 1 atom stereocenters. The lowest BCUT2D eigenvalue weighted by molar-refractivity contribution is 0.179. The Kier molecular flexibility index (Phi) is 3.42. The lowest BCUT2D eigenvalue weighted by Gasteiger charge is -2.10. The van der Waals surface area contributed by atoms with Gasteiger partial charge in [0.2, 0.25) is 0 Å². The van der Waals surface area contributed by atoms with E-state index in [1.807, 2.05) is 16.8 Å². The molecule has 2 rings (SSSR count). The maximum Gasteiger partial charge on any atom is 0.0838 e. The zero-order chi connectivity index (χ0) is 11.5. The van der Waals surface area contributed by atoms with Crippen molar-refractivity contribution in [3.05, 3.63) is 57.3 Å². The molecule has 0 radical (unpaired) electrons. The van der Waals surface area contributed by atoms with Crippen molar-refractivity contribution in [3.8, 4) is 0 Å². The van der Waals surface area contributed by atoms with Gasteiger partial charge in [-0.15, -0.1) is 0 Å². The molecule has 1 heterocycles. The van der Waals surface area contributed by atoms with Crippen LogP contribution < -0.4 is 0 Å². The molecule has 1 aromatic heterocycles. The molecule has 1 nitrogen and oxygen atoms in total. The van der Waals surface area contributed by atoms with Crippen LogP contribution in [0.4, 0.5) is 0 Å². The van der Waals surface area contributed by atoms with E-state index in [4.69, 9.17) is 0 Å². The molecule has 0 bridgehead atoms. The fraction of sp³-hybridized carbons (Fsp3) is 0.286. The van der Waals surface area contributed by atoms with Crippen molar-refractivity contribution in [2.75, 3.05) is 0 Å². The zero-order valence-corrected chi connectivity index (χ0v) is 10.4. The summed E-state index contributed by atoms with van der Waals surface area (Å²) in [6.07, 6.45) is 0.311. The smallest absolute Gasteiger partial charge is 0.0838 e. The quantitative estimate of drug-likeness (QED) is 0.856. The third kappa shape index (κ3) is 2.52. The number of aryl methyl sites for hydroxylation is 2. The van der Waals surface area contributed by atoms with Crippen LogP contribution >= 0.6 is 11.3 Å². The Balaban J connectivity index is 2.12. The van der Waals surface area contributed by atoms with E-state index in [0.717, 1.165) is 5.56 Å². The molecule has 16 heavy (non-hydrogen) atoms. The van der Waals surface area contributed by atoms with Gasteiger partial charge in [-0.1, -0.05) is 18.2 Å². The summed E-state index contributed by atoms with van der Waals surface area (Å²) in [5.74, 6) is 0. The Morgan fingerprint density at radius 1 is 1.19 bits per heavy atom. The monoisotopic (exact) mass is 232 g/mol. The van der Waals surface area contributed by atoms with Gasteiger partial charge < -0.3 is 5.11 Å². The standard InChI is InChI=1S/C14H16OS/c1-10-3-4-12(7-11(10)2)8-14(15)13-5-6-16-9-13/h3-7,9,14-15H,8H2,1-2H3. The van der Waals surface area contributed by atoms with Crippen LogP contribution in [0, 0.1) is 13.8 Å². The molecular weight excluding hydrogens is 216 g/mol. The molecule has 1 N–H and O–H groups in total. The second kappa shape index (κ2) is 4.81. The first-order valence-electron chi connectivity index (χ1n) is 5.43. The zero-order valence-electron chi connectivity index (χ0n) is 9.60. The Hall–Kier alpha value is -1.12. The summed E-state index contributed by atoms with van der Waals surface area (Å²) >= 11 is 1.62. The lowest BCUT2D eigenvalue weighted by atomic mass is 10.00. The van der Waals surface area contributed by atoms with Gasteiger partial charge in [0.1, 0.15) is 0 Å². The largest absolute Gasteiger partial charge is 0.388 e. The SMILES string of the molecule is Cc1ccc(CC(O)c2ccsc2)cc1C. The Labute approximate surface area is 100 Å². The maximum atomic E-state index is 10.0. The second-order valence-corrected chi connectivity index (χ2v) is 4.98. The molecule has 1 aromatic carbocycles. The molecule has 0 aliphatic rings. The fourth-order valence-corrected chi connectivity index (χ4v) is 2.44. The lowest BCUT2D eigenvalue weighted by Crippen LogP contribution is -2.00. The highest BCUT2D eigenvalue weighted by Crippen LogP contribution is 2.21. The first kappa shape index (κ1) is 11.4. The molecule has 0 spiro atoms.